The first kappa shape index (κ1) is 21.7. The number of aromatic nitrogens is 3. The average molecular weight is 500 g/mol. The van der Waals surface area contributed by atoms with Crippen LogP contribution in [0, 0.1) is 0 Å². The molecule has 0 bridgehead atoms. The summed E-state index contributed by atoms with van der Waals surface area (Å²) < 4.78 is 6.38. The second-order valence-corrected chi connectivity index (χ2v) is 9.68. The molecule has 2 aromatic heterocycles. The van der Waals surface area contributed by atoms with Crippen molar-refractivity contribution < 1.29 is 4.42 Å². The lowest BCUT2D eigenvalue weighted by Gasteiger charge is -2.11. The van der Waals surface area contributed by atoms with Crippen molar-refractivity contribution in [1.29, 1.82) is 0 Å². The van der Waals surface area contributed by atoms with Crippen molar-refractivity contribution in [3.63, 3.8) is 0 Å². The normalized spacial score (nSPS) is 11.6. The highest BCUT2D eigenvalue weighted by atomic mass is 16.3. The van der Waals surface area contributed by atoms with Crippen LogP contribution in [0.1, 0.15) is 0 Å². The molecule has 0 aliphatic heterocycles. The van der Waals surface area contributed by atoms with Gasteiger partial charge < -0.3 is 4.42 Å². The van der Waals surface area contributed by atoms with E-state index in [-0.39, 0.29) is 0 Å². The summed E-state index contributed by atoms with van der Waals surface area (Å²) in [6.45, 7) is 0. The number of hydrogen-bond donors (Lipinski definition) is 0. The summed E-state index contributed by atoms with van der Waals surface area (Å²) >= 11 is 0. The van der Waals surface area contributed by atoms with E-state index in [0.29, 0.717) is 5.89 Å². The van der Waals surface area contributed by atoms with Crippen LogP contribution in [0.2, 0.25) is 0 Å². The Labute approximate surface area is 224 Å². The predicted octanol–water partition coefficient (Wildman–Crippen LogP) is 9.08. The van der Waals surface area contributed by atoms with E-state index >= 15 is 0 Å². The molecule has 4 heteroatoms. The van der Waals surface area contributed by atoms with Gasteiger partial charge in [-0.1, -0.05) is 97.1 Å². The molecule has 8 aromatic rings. The van der Waals surface area contributed by atoms with E-state index in [1.54, 1.807) is 0 Å². The molecule has 0 saturated heterocycles. The number of oxazole rings is 1. The summed E-state index contributed by atoms with van der Waals surface area (Å²) in [6, 6.07) is 43.4. The molecule has 6 aromatic carbocycles. The molecule has 39 heavy (non-hydrogen) atoms. The van der Waals surface area contributed by atoms with Crippen LogP contribution in [0.3, 0.4) is 0 Å². The summed E-state index contributed by atoms with van der Waals surface area (Å²) in [6.07, 6.45) is 0. The van der Waals surface area contributed by atoms with Crippen LogP contribution in [0.25, 0.3) is 77.6 Å². The standard InChI is InChI=1S/C35H21N3O/c1-3-9-23(10-4-1)34-36-29-14-8-7-13-28(29)32(38-34)26-17-19-27-25(21-26)16-15-22-18-20-30-33(31(22)27)39-35(37-30)24-11-5-2-6-12-24/h1-21H. The molecular formula is C35H21N3O. The molecule has 8 rings (SSSR count). The Balaban J connectivity index is 1.35. The molecule has 0 saturated carbocycles. The highest BCUT2D eigenvalue weighted by molar-refractivity contribution is 6.18. The van der Waals surface area contributed by atoms with Crippen LogP contribution in [0.4, 0.5) is 0 Å². The van der Waals surface area contributed by atoms with E-state index in [1.807, 2.05) is 84.9 Å². The first-order chi connectivity index (χ1) is 19.3. The van der Waals surface area contributed by atoms with Gasteiger partial charge in [-0.3, -0.25) is 0 Å². The minimum absolute atomic E-state index is 0.632. The fourth-order valence-electron chi connectivity index (χ4n) is 5.40. The number of fused-ring (bicyclic) bond motifs is 6. The van der Waals surface area contributed by atoms with Crippen LogP contribution < -0.4 is 0 Å². The van der Waals surface area contributed by atoms with Crippen LogP contribution in [0.15, 0.2) is 132 Å². The Hall–Kier alpha value is -5.35. The maximum atomic E-state index is 6.38. The van der Waals surface area contributed by atoms with Gasteiger partial charge in [0.2, 0.25) is 5.89 Å². The summed E-state index contributed by atoms with van der Waals surface area (Å²) in [7, 11) is 0. The van der Waals surface area contributed by atoms with Gasteiger partial charge in [-0.15, -0.1) is 0 Å². The first-order valence-corrected chi connectivity index (χ1v) is 13.0. The Bertz CT molecular complexity index is 2170. The minimum atomic E-state index is 0.632. The fraction of sp³-hybridized carbons (Fsp3) is 0. The molecule has 182 valence electrons. The highest BCUT2D eigenvalue weighted by Gasteiger charge is 2.15. The number of para-hydroxylation sites is 1. The molecule has 0 fully saturated rings. The summed E-state index contributed by atoms with van der Waals surface area (Å²) in [5.41, 5.74) is 6.53. The molecule has 0 spiro atoms. The number of nitrogens with zero attached hydrogens (tertiary/aromatic N) is 3. The van der Waals surface area contributed by atoms with E-state index < -0.39 is 0 Å². The molecule has 0 aliphatic carbocycles. The first-order valence-electron chi connectivity index (χ1n) is 13.0. The third-order valence-electron chi connectivity index (χ3n) is 7.28. The Morgan fingerprint density at radius 1 is 0.462 bits per heavy atom. The van der Waals surface area contributed by atoms with Crippen LogP contribution >= 0.6 is 0 Å². The quantitative estimate of drug-likeness (QED) is 0.228. The fourth-order valence-corrected chi connectivity index (χ4v) is 5.40. The molecule has 0 amide bonds. The molecule has 0 radical (unpaired) electrons. The largest absolute Gasteiger partial charge is 0.435 e. The second-order valence-electron chi connectivity index (χ2n) is 9.68. The second kappa shape index (κ2) is 8.61. The zero-order valence-corrected chi connectivity index (χ0v) is 20.9. The van der Waals surface area contributed by atoms with Crippen molar-refractivity contribution in [3.05, 3.63) is 127 Å². The number of benzene rings is 6. The van der Waals surface area contributed by atoms with Gasteiger partial charge in [0.05, 0.1) is 11.2 Å². The molecule has 0 atom stereocenters. The smallest absolute Gasteiger partial charge is 0.227 e. The molecule has 0 N–H and O–H groups in total. The lowest BCUT2D eigenvalue weighted by molar-refractivity contribution is 0.623. The lowest BCUT2D eigenvalue weighted by Crippen LogP contribution is -1.95. The van der Waals surface area contributed by atoms with Gasteiger partial charge in [-0.25, -0.2) is 15.0 Å². The van der Waals surface area contributed by atoms with Gasteiger partial charge in [0.15, 0.2) is 11.4 Å². The van der Waals surface area contributed by atoms with Crippen molar-refractivity contribution in [2.45, 2.75) is 0 Å². The van der Waals surface area contributed by atoms with Gasteiger partial charge in [0.1, 0.15) is 5.52 Å². The van der Waals surface area contributed by atoms with Crippen molar-refractivity contribution in [2.75, 3.05) is 0 Å². The predicted molar refractivity (Wildman–Crippen MR) is 158 cm³/mol. The number of hydrogen-bond acceptors (Lipinski definition) is 4. The molecule has 2 heterocycles. The zero-order chi connectivity index (χ0) is 25.8. The SMILES string of the molecule is c1ccc(-c2nc(-c3ccc4c(ccc5ccc6nc(-c7ccccc7)oc6c54)c3)c3ccccc3n2)cc1. The van der Waals surface area contributed by atoms with E-state index in [0.717, 1.165) is 71.8 Å². The number of rotatable bonds is 3. The average Bonchev–Trinajstić information content (AvgIpc) is 3.46. The minimum Gasteiger partial charge on any atom is -0.435 e. The van der Waals surface area contributed by atoms with Crippen LogP contribution in [0.5, 0.6) is 0 Å². The van der Waals surface area contributed by atoms with Crippen LogP contribution in [-0.4, -0.2) is 15.0 Å². The maximum absolute atomic E-state index is 6.38. The van der Waals surface area contributed by atoms with Gasteiger partial charge in [-0.05, 0) is 46.5 Å². The van der Waals surface area contributed by atoms with E-state index in [2.05, 4.69) is 42.5 Å². The monoisotopic (exact) mass is 499 g/mol. The zero-order valence-electron chi connectivity index (χ0n) is 20.9. The topological polar surface area (TPSA) is 51.8 Å². The Morgan fingerprint density at radius 3 is 2.03 bits per heavy atom. The Morgan fingerprint density at radius 2 is 1.18 bits per heavy atom. The highest BCUT2D eigenvalue weighted by Crippen LogP contribution is 2.37. The van der Waals surface area contributed by atoms with Gasteiger partial charge in [0.25, 0.3) is 0 Å². The van der Waals surface area contributed by atoms with Gasteiger partial charge in [0, 0.05) is 27.5 Å². The molecular weight excluding hydrogens is 478 g/mol. The third-order valence-corrected chi connectivity index (χ3v) is 7.28. The lowest BCUT2D eigenvalue weighted by atomic mass is 9.97. The Kier molecular flexibility index (Phi) is 4.79. The molecule has 0 unspecified atom stereocenters. The van der Waals surface area contributed by atoms with Crippen molar-refractivity contribution in [2.24, 2.45) is 0 Å². The third kappa shape index (κ3) is 3.57. The van der Waals surface area contributed by atoms with Gasteiger partial charge in [-0.2, -0.15) is 0 Å². The van der Waals surface area contributed by atoms with Gasteiger partial charge >= 0.3 is 0 Å². The van der Waals surface area contributed by atoms with Crippen LogP contribution in [-0.2, 0) is 0 Å². The van der Waals surface area contributed by atoms with E-state index in [9.17, 15) is 0 Å². The van der Waals surface area contributed by atoms with E-state index in [4.69, 9.17) is 19.4 Å². The van der Waals surface area contributed by atoms with E-state index in [1.165, 1.54) is 0 Å². The van der Waals surface area contributed by atoms with Crippen molar-refractivity contribution in [1.82, 2.24) is 15.0 Å². The summed E-state index contributed by atoms with van der Waals surface area (Å²) in [4.78, 5) is 14.7. The van der Waals surface area contributed by atoms with Crippen molar-refractivity contribution >= 4 is 43.5 Å². The maximum Gasteiger partial charge on any atom is 0.227 e. The molecule has 4 nitrogen and oxygen atoms in total. The summed E-state index contributed by atoms with van der Waals surface area (Å²) in [5.74, 6) is 1.35. The summed E-state index contributed by atoms with van der Waals surface area (Å²) in [5, 5.41) is 5.47. The molecule has 0 aliphatic rings. The van der Waals surface area contributed by atoms with Crippen molar-refractivity contribution in [3.8, 4) is 34.1 Å².